The highest BCUT2D eigenvalue weighted by Crippen LogP contribution is 2.22. The van der Waals surface area contributed by atoms with E-state index < -0.39 is 0 Å². The second-order valence-electron chi connectivity index (χ2n) is 6.74. The molecule has 1 aliphatic rings. The van der Waals surface area contributed by atoms with Gasteiger partial charge in [-0.25, -0.2) is 0 Å². The molecule has 0 aliphatic carbocycles. The molecule has 0 spiro atoms. The van der Waals surface area contributed by atoms with E-state index >= 15 is 0 Å². The lowest BCUT2D eigenvalue weighted by Crippen LogP contribution is -2.29. The molecule has 0 atom stereocenters. The first-order valence-electron chi connectivity index (χ1n) is 9.61. The second kappa shape index (κ2) is 9.27. The summed E-state index contributed by atoms with van der Waals surface area (Å²) in [5.41, 5.74) is 3.35. The summed E-state index contributed by atoms with van der Waals surface area (Å²) in [7, 11) is 0. The van der Waals surface area contributed by atoms with E-state index in [9.17, 15) is 4.79 Å². The van der Waals surface area contributed by atoms with Crippen LogP contribution in [0.25, 0.3) is 0 Å². The molecule has 26 heavy (non-hydrogen) atoms. The molecule has 0 unspecified atom stereocenters. The Morgan fingerprint density at radius 1 is 1.00 bits per heavy atom. The summed E-state index contributed by atoms with van der Waals surface area (Å²) in [4.78, 5) is 14.5. The van der Waals surface area contributed by atoms with Gasteiger partial charge < -0.3 is 15.0 Å². The van der Waals surface area contributed by atoms with Gasteiger partial charge in [0.05, 0.1) is 13.0 Å². The summed E-state index contributed by atoms with van der Waals surface area (Å²) in [6, 6.07) is 16.2. The number of rotatable bonds is 7. The predicted molar refractivity (Wildman–Crippen MR) is 107 cm³/mol. The Kier molecular flexibility index (Phi) is 6.53. The Balaban J connectivity index is 1.42. The number of hydrogen-bond donors (Lipinski definition) is 1. The number of amides is 1. The van der Waals surface area contributed by atoms with Crippen LogP contribution in [-0.4, -0.2) is 25.6 Å². The van der Waals surface area contributed by atoms with Crippen LogP contribution in [0.4, 0.5) is 11.4 Å². The Labute approximate surface area is 156 Å². The molecule has 1 aliphatic heterocycles. The quantitative estimate of drug-likeness (QED) is 0.789. The summed E-state index contributed by atoms with van der Waals surface area (Å²) < 4.78 is 5.64. The van der Waals surface area contributed by atoms with Gasteiger partial charge in [0.1, 0.15) is 5.75 Å². The summed E-state index contributed by atoms with van der Waals surface area (Å²) in [5.74, 6) is 0.779. The van der Waals surface area contributed by atoms with Gasteiger partial charge in [0.2, 0.25) is 5.91 Å². The molecule has 0 bridgehead atoms. The molecule has 1 N–H and O–H groups in total. The molecule has 4 nitrogen and oxygen atoms in total. The van der Waals surface area contributed by atoms with Gasteiger partial charge in [-0.15, -0.1) is 0 Å². The van der Waals surface area contributed by atoms with E-state index in [4.69, 9.17) is 4.74 Å². The van der Waals surface area contributed by atoms with Crippen molar-refractivity contribution in [2.75, 3.05) is 29.9 Å². The lowest BCUT2D eigenvalue weighted by molar-refractivity contribution is -0.116. The van der Waals surface area contributed by atoms with Crippen LogP contribution < -0.4 is 15.0 Å². The van der Waals surface area contributed by atoms with E-state index in [1.807, 2.05) is 24.3 Å². The van der Waals surface area contributed by atoms with Crippen LogP contribution >= 0.6 is 0 Å². The van der Waals surface area contributed by atoms with E-state index in [0.29, 0.717) is 13.0 Å². The number of nitrogens with one attached hydrogen (secondary N) is 1. The van der Waals surface area contributed by atoms with E-state index in [1.165, 1.54) is 30.5 Å². The van der Waals surface area contributed by atoms with Gasteiger partial charge >= 0.3 is 0 Å². The molecule has 3 rings (SSSR count). The van der Waals surface area contributed by atoms with Gasteiger partial charge in [0.15, 0.2) is 0 Å². The Morgan fingerprint density at radius 2 is 1.69 bits per heavy atom. The molecule has 138 valence electrons. The van der Waals surface area contributed by atoms with Crippen molar-refractivity contribution in [3.8, 4) is 5.75 Å². The van der Waals surface area contributed by atoms with Gasteiger partial charge in [0, 0.05) is 24.5 Å². The van der Waals surface area contributed by atoms with Gasteiger partial charge in [-0.2, -0.15) is 0 Å². The molecule has 0 saturated carbocycles. The van der Waals surface area contributed by atoms with E-state index in [0.717, 1.165) is 30.9 Å². The van der Waals surface area contributed by atoms with Crippen LogP contribution in [0.5, 0.6) is 5.75 Å². The number of carbonyl (C=O) groups is 1. The van der Waals surface area contributed by atoms with Gasteiger partial charge in [-0.3, -0.25) is 4.79 Å². The molecule has 0 radical (unpaired) electrons. The van der Waals surface area contributed by atoms with Gasteiger partial charge in [-0.05, 0) is 67.6 Å². The topological polar surface area (TPSA) is 41.6 Å². The Bertz CT molecular complexity index is 689. The van der Waals surface area contributed by atoms with Crippen LogP contribution in [0.1, 0.15) is 38.2 Å². The van der Waals surface area contributed by atoms with Crippen molar-refractivity contribution >= 4 is 17.3 Å². The number of anilines is 2. The molecular weight excluding hydrogens is 324 g/mol. The lowest BCUT2D eigenvalue weighted by atomic mass is 10.1. The highest BCUT2D eigenvalue weighted by atomic mass is 16.5. The Hall–Kier alpha value is -2.49. The lowest BCUT2D eigenvalue weighted by Gasteiger charge is -2.28. The van der Waals surface area contributed by atoms with Crippen LogP contribution in [0.2, 0.25) is 0 Å². The largest absolute Gasteiger partial charge is 0.493 e. The number of carbonyl (C=O) groups excluding carboxylic acids is 1. The van der Waals surface area contributed by atoms with Crippen LogP contribution in [0.3, 0.4) is 0 Å². The third-order valence-corrected chi connectivity index (χ3v) is 4.80. The summed E-state index contributed by atoms with van der Waals surface area (Å²) >= 11 is 0. The molecule has 1 amide bonds. The van der Waals surface area contributed by atoms with Crippen LogP contribution in [-0.2, 0) is 11.2 Å². The monoisotopic (exact) mass is 352 g/mol. The number of benzene rings is 2. The van der Waals surface area contributed by atoms with Crippen molar-refractivity contribution in [3.63, 3.8) is 0 Å². The zero-order chi connectivity index (χ0) is 18.2. The minimum absolute atomic E-state index is 0.0269. The first-order chi connectivity index (χ1) is 12.7. The number of hydrogen-bond acceptors (Lipinski definition) is 3. The molecule has 2 aromatic carbocycles. The molecule has 2 aromatic rings. The SMILES string of the molecule is CCc1ccc(OCCC(=O)Nc2ccc(N3CCCCC3)cc2)cc1. The molecule has 1 saturated heterocycles. The first kappa shape index (κ1) is 18.3. The van der Waals surface area contributed by atoms with Crippen LogP contribution in [0, 0.1) is 0 Å². The summed E-state index contributed by atoms with van der Waals surface area (Å²) in [6.45, 7) is 4.76. The molecular formula is C22H28N2O2. The maximum absolute atomic E-state index is 12.1. The number of ether oxygens (including phenoxy) is 1. The smallest absolute Gasteiger partial charge is 0.227 e. The Morgan fingerprint density at radius 3 is 2.35 bits per heavy atom. The predicted octanol–water partition coefficient (Wildman–Crippen LogP) is 4.65. The molecule has 1 fully saturated rings. The fraction of sp³-hybridized carbons (Fsp3) is 0.409. The van der Waals surface area contributed by atoms with Gasteiger partial charge in [-0.1, -0.05) is 19.1 Å². The zero-order valence-corrected chi connectivity index (χ0v) is 15.5. The van der Waals surface area contributed by atoms with Crippen molar-refractivity contribution in [1.29, 1.82) is 0 Å². The summed E-state index contributed by atoms with van der Waals surface area (Å²) in [6.07, 6.45) is 5.21. The van der Waals surface area contributed by atoms with E-state index in [1.54, 1.807) is 0 Å². The van der Waals surface area contributed by atoms with Crippen molar-refractivity contribution < 1.29 is 9.53 Å². The fourth-order valence-corrected chi connectivity index (χ4v) is 3.21. The van der Waals surface area contributed by atoms with Crippen molar-refractivity contribution in [2.24, 2.45) is 0 Å². The van der Waals surface area contributed by atoms with Crippen molar-refractivity contribution in [1.82, 2.24) is 0 Å². The third kappa shape index (κ3) is 5.25. The van der Waals surface area contributed by atoms with E-state index in [-0.39, 0.29) is 5.91 Å². The first-order valence-corrected chi connectivity index (χ1v) is 9.61. The normalized spacial score (nSPS) is 14.1. The van der Waals surface area contributed by atoms with E-state index in [2.05, 4.69) is 41.4 Å². The highest BCUT2D eigenvalue weighted by Gasteiger charge is 2.11. The van der Waals surface area contributed by atoms with Crippen molar-refractivity contribution in [2.45, 2.75) is 39.0 Å². The zero-order valence-electron chi connectivity index (χ0n) is 15.5. The number of piperidine rings is 1. The molecule has 1 heterocycles. The maximum atomic E-state index is 12.1. The minimum atomic E-state index is -0.0269. The minimum Gasteiger partial charge on any atom is -0.493 e. The number of aryl methyl sites for hydroxylation is 1. The molecule has 0 aromatic heterocycles. The van der Waals surface area contributed by atoms with Gasteiger partial charge in [0.25, 0.3) is 0 Å². The average Bonchev–Trinajstić information content (AvgIpc) is 2.70. The maximum Gasteiger partial charge on any atom is 0.227 e. The highest BCUT2D eigenvalue weighted by molar-refractivity contribution is 5.90. The summed E-state index contributed by atoms with van der Waals surface area (Å²) in [5, 5.41) is 2.94. The van der Waals surface area contributed by atoms with Crippen molar-refractivity contribution in [3.05, 3.63) is 54.1 Å². The standard InChI is InChI=1S/C22H28N2O2/c1-2-18-6-12-21(13-7-18)26-17-14-22(25)23-19-8-10-20(11-9-19)24-15-4-3-5-16-24/h6-13H,2-5,14-17H2,1H3,(H,23,25). The fourth-order valence-electron chi connectivity index (χ4n) is 3.21. The number of nitrogens with zero attached hydrogens (tertiary/aromatic N) is 1. The van der Waals surface area contributed by atoms with Crippen LogP contribution in [0.15, 0.2) is 48.5 Å². The second-order valence-corrected chi connectivity index (χ2v) is 6.74. The third-order valence-electron chi connectivity index (χ3n) is 4.80. The molecule has 4 heteroatoms. The average molecular weight is 352 g/mol.